The van der Waals surface area contributed by atoms with Crippen LogP contribution in [0.5, 0.6) is 11.5 Å². The lowest BCUT2D eigenvalue weighted by molar-refractivity contribution is -0.153. The average Bonchev–Trinajstić information content (AvgIpc) is 3.76. The number of esters is 1. The van der Waals surface area contributed by atoms with E-state index in [1.807, 2.05) is 0 Å². The fourth-order valence-corrected chi connectivity index (χ4v) is 4.97. The Morgan fingerprint density at radius 1 is 1.05 bits per heavy atom. The van der Waals surface area contributed by atoms with Gasteiger partial charge in [0.15, 0.2) is 11.5 Å². The van der Waals surface area contributed by atoms with E-state index in [1.165, 1.54) is 30.6 Å². The Kier molecular flexibility index (Phi) is 8.70. The maximum Gasteiger partial charge on any atom is 0.387 e. The van der Waals surface area contributed by atoms with E-state index in [0.29, 0.717) is 34.8 Å². The molecule has 0 saturated heterocycles. The molecule has 0 N–H and O–H groups in total. The first-order chi connectivity index (χ1) is 19.7. The fraction of sp³-hybridized carbons (Fsp3) is 0.310. The van der Waals surface area contributed by atoms with Crippen LogP contribution in [0.25, 0.3) is 0 Å². The Labute approximate surface area is 244 Å². The van der Waals surface area contributed by atoms with E-state index < -0.39 is 37.0 Å². The lowest BCUT2D eigenvalue weighted by Crippen LogP contribution is -2.45. The molecular weight excluding hydrogens is 581 g/mol. The average molecular weight is 605 g/mol. The maximum atomic E-state index is 13.2. The van der Waals surface area contributed by atoms with E-state index in [9.17, 15) is 23.2 Å². The van der Waals surface area contributed by atoms with Crippen molar-refractivity contribution in [1.82, 2.24) is 9.88 Å². The number of benzene rings is 2. The van der Waals surface area contributed by atoms with Crippen molar-refractivity contribution in [2.24, 2.45) is 5.92 Å². The smallest absolute Gasteiger partial charge is 0.387 e. The Balaban J connectivity index is 1.42. The molecule has 2 amide bonds. The number of hydrogen-bond donors (Lipinski definition) is 0. The summed E-state index contributed by atoms with van der Waals surface area (Å²) >= 11 is 12.7. The molecule has 3 aromatic rings. The molecule has 1 aliphatic carbocycles. The highest BCUT2D eigenvalue weighted by Gasteiger charge is 2.33. The molecule has 8 nitrogen and oxygen atoms in total. The predicted octanol–water partition coefficient (Wildman–Crippen LogP) is 5.83. The first-order valence-corrected chi connectivity index (χ1v) is 13.6. The van der Waals surface area contributed by atoms with E-state index in [-0.39, 0.29) is 34.4 Å². The molecule has 1 atom stereocenters. The van der Waals surface area contributed by atoms with Crippen molar-refractivity contribution in [2.45, 2.75) is 38.4 Å². The minimum atomic E-state index is -3.07. The van der Waals surface area contributed by atoms with Gasteiger partial charge in [0.25, 0.3) is 5.91 Å². The van der Waals surface area contributed by atoms with Gasteiger partial charge in [-0.05, 0) is 53.6 Å². The van der Waals surface area contributed by atoms with Gasteiger partial charge in [0.1, 0.15) is 12.6 Å². The zero-order valence-electron chi connectivity index (χ0n) is 21.5. The van der Waals surface area contributed by atoms with Gasteiger partial charge in [0.2, 0.25) is 5.91 Å². The molecule has 41 heavy (non-hydrogen) atoms. The number of imide groups is 1. The lowest BCUT2D eigenvalue weighted by atomic mass is 9.98. The predicted molar refractivity (Wildman–Crippen MR) is 144 cm³/mol. The molecule has 1 saturated carbocycles. The van der Waals surface area contributed by atoms with Crippen molar-refractivity contribution in [3.63, 3.8) is 0 Å². The Bertz CT molecular complexity index is 1460. The lowest BCUT2D eigenvalue weighted by Gasteiger charge is -2.27. The zero-order valence-corrected chi connectivity index (χ0v) is 23.0. The van der Waals surface area contributed by atoms with Crippen molar-refractivity contribution in [2.75, 3.05) is 13.2 Å². The Morgan fingerprint density at radius 2 is 1.78 bits per heavy atom. The second-order valence-corrected chi connectivity index (χ2v) is 10.5. The van der Waals surface area contributed by atoms with Crippen LogP contribution < -0.4 is 9.47 Å². The largest absolute Gasteiger partial charge is 0.489 e. The number of carbonyl (C=O) groups is 3. The number of ether oxygens (including phenoxy) is 3. The summed E-state index contributed by atoms with van der Waals surface area (Å²) in [5.41, 5.74) is 1.71. The van der Waals surface area contributed by atoms with Crippen molar-refractivity contribution < 1.29 is 37.4 Å². The fourth-order valence-electron chi connectivity index (χ4n) is 4.45. The van der Waals surface area contributed by atoms with E-state index >= 15 is 0 Å². The van der Waals surface area contributed by atoms with Gasteiger partial charge in [-0.3, -0.25) is 24.3 Å². The molecule has 2 aromatic carbocycles. The monoisotopic (exact) mass is 604 g/mol. The zero-order chi connectivity index (χ0) is 29.1. The Hall–Kier alpha value is -3.76. The van der Waals surface area contributed by atoms with E-state index in [4.69, 9.17) is 32.7 Å². The topological polar surface area (TPSA) is 95.0 Å². The minimum absolute atomic E-state index is 0.0201. The molecule has 0 spiro atoms. The van der Waals surface area contributed by atoms with E-state index in [2.05, 4.69) is 9.72 Å². The van der Waals surface area contributed by atoms with Gasteiger partial charge in [-0.25, -0.2) is 0 Å². The van der Waals surface area contributed by atoms with Gasteiger partial charge < -0.3 is 14.2 Å². The third kappa shape index (κ3) is 6.94. The van der Waals surface area contributed by atoms with Crippen LogP contribution in [0.4, 0.5) is 8.78 Å². The summed E-state index contributed by atoms with van der Waals surface area (Å²) in [6.07, 6.45) is 3.61. The first kappa shape index (κ1) is 28.8. The van der Waals surface area contributed by atoms with Crippen LogP contribution in [0, 0.1) is 5.92 Å². The van der Waals surface area contributed by atoms with Crippen LogP contribution in [0.3, 0.4) is 0 Å². The van der Waals surface area contributed by atoms with Crippen molar-refractivity contribution in [3.05, 3.63) is 87.2 Å². The maximum absolute atomic E-state index is 13.2. The third-order valence-corrected chi connectivity index (χ3v) is 7.42. The van der Waals surface area contributed by atoms with Gasteiger partial charge in [0, 0.05) is 24.4 Å². The van der Waals surface area contributed by atoms with Crippen LogP contribution in [0.2, 0.25) is 10.0 Å². The van der Waals surface area contributed by atoms with Crippen molar-refractivity contribution in [3.8, 4) is 11.5 Å². The quantitative estimate of drug-likeness (QED) is 0.201. The summed E-state index contributed by atoms with van der Waals surface area (Å²) in [5, 5.41) is 0.443. The highest BCUT2D eigenvalue weighted by molar-refractivity contribution is 6.35. The highest BCUT2D eigenvalue weighted by atomic mass is 35.5. The number of hydrogen-bond acceptors (Lipinski definition) is 7. The van der Waals surface area contributed by atoms with Crippen molar-refractivity contribution >= 4 is 41.0 Å². The minimum Gasteiger partial charge on any atom is -0.489 e. The number of carbonyl (C=O) groups excluding carboxylic acids is 3. The number of amides is 2. The number of halogens is 4. The van der Waals surface area contributed by atoms with Gasteiger partial charge in [-0.15, -0.1) is 0 Å². The highest BCUT2D eigenvalue weighted by Crippen LogP contribution is 2.38. The van der Waals surface area contributed by atoms with E-state index in [0.717, 1.165) is 17.7 Å². The summed E-state index contributed by atoms with van der Waals surface area (Å²) in [6.45, 7) is -3.38. The molecule has 1 aliphatic heterocycles. The number of fused-ring (bicyclic) bond motifs is 1. The second kappa shape index (κ2) is 12.4. The second-order valence-electron chi connectivity index (χ2n) is 9.72. The van der Waals surface area contributed by atoms with Crippen molar-refractivity contribution in [1.29, 1.82) is 0 Å². The molecule has 12 heteroatoms. The molecule has 0 radical (unpaired) electrons. The number of aromatic nitrogens is 1. The molecule has 1 aromatic heterocycles. The third-order valence-electron chi connectivity index (χ3n) is 6.77. The number of rotatable bonds is 11. The van der Waals surface area contributed by atoms with Crippen LogP contribution in [-0.4, -0.2) is 47.4 Å². The number of pyridine rings is 1. The molecule has 0 bridgehead atoms. The molecular formula is C29H24Cl2F2N2O6. The van der Waals surface area contributed by atoms with Gasteiger partial charge >= 0.3 is 12.6 Å². The number of alkyl halides is 2. The first-order valence-electron chi connectivity index (χ1n) is 12.8. The molecule has 2 aliphatic rings. The summed E-state index contributed by atoms with van der Waals surface area (Å²) in [5.74, 6) is -1.79. The molecule has 5 rings (SSSR count). The van der Waals surface area contributed by atoms with Gasteiger partial charge in [0.05, 0.1) is 23.1 Å². The van der Waals surface area contributed by atoms with Crippen LogP contribution in [-0.2, 0) is 27.2 Å². The summed E-state index contributed by atoms with van der Waals surface area (Å²) < 4.78 is 42.3. The SMILES string of the molecule is O=C(CN1C(=O)Cc2ccccc2C1=O)O[C@@H](Cc1c(Cl)cncc1Cl)c1ccc(OC(F)F)c(OCC2CC2)c1. The van der Waals surface area contributed by atoms with Crippen LogP contribution in [0.1, 0.15) is 46.0 Å². The molecule has 0 unspecified atom stereocenters. The number of nitrogens with zero attached hydrogens (tertiary/aromatic N) is 2. The van der Waals surface area contributed by atoms with Crippen LogP contribution >= 0.6 is 23.2 Å². The normalized spacial score (nSPS) is 15.5. The van der Waals surface area contributed by atoms with Crippen LogP contribution in [0.15, 0.2) is 54.9 Å². The molecule has 2 heterocycles. The molecule has 214 valence electrons. The summed E-state index contributed by atoms with van der Waals surface area (Å²) in [6, 6.07) is 10.9. The van der Waals surface area contributed by atoms with Gasteiger partial charge in [-0.2, -0.15) is 8.78 Å². The summed E-state index contributed by atoms with van der Waals surface area (Å²) in [4.78, 5) is 43.6. The standard InChI is InChI=1S/C29H24Cl2F2N2O6/c30-21-12-34-13-22(31)20(21)11-24(18-7-8-23(41-29(32)33)25(9-18)39-15-16-5-6-16)40-27(37)14-35-26(36)10-17-3-1-2-4-19(17)28(35)38/h1-4,7-9,12-13,16,24,29H,5-6,10-11,14-15H2/t24-/m0/s1. The van der Waals surface area contributed by atoms with E-state index in [1.54, 1.807) is 24.3 Å². The van der Waals surface area contributed by atoms with Gasteiger partial charge in [-0.1, -0.05) is 47.5 Å². The molecule has 1 fully saturated rings. The summed E-state index contributed by atoms with van der Waals surface area (Å²) in [7, 11) is 0. The Morgan fingerprint density at radius 3 is 2.49 bits per heavy atom.